The maximum Gasteiger partial charge on any atom is 0.345 e. The van der Waals surface area contributed by atoms with Crippen LogP contribution in [0, 0.1) is 0 Å². The summed E-state index contributed by atoms with van der Waals surface area (Å²) < 4.78 is 5.31. The van der Waals surface area contributed by atoms with Crippen molar-refractivity contribution in [1.29, 1.82) is 0 Å². The van der Waals surface area contributed by atoms with Gasteiger partial charge in [-0.3, -0.25) is 9.59 Å². The molecule has 2 amide bonds. The van der Waals surface area contributed by atoms with Crippen molar-refractivity contribution in [2.75, 3.05) is 5.32 Å². The highest BCUT2D eigenvalue weighted by molar-refractivity contribution is 6.42. The van der Waals surface area contributed by atoms with Crippen molar-refractivity contribution in [2.24, 2.45) is 5.10 Å². The number of benzene rings is 3. The van der Waals surface area contributed by atoms with Gasteiger partial charge in [0.05, 0.1) is 27.5 Å². The summed E-state index contributed by atoms with van der Waals surface area (Å²) in [6.45, 7) is 0. The van der Waals surface area contributed by atoms with Gasteiger partial charge in [0.1, 0.15) is 5.75 Å². The summed E-state index contributed by atoms with van der Waals surface area (Å²) in [5, 5.41) is 7.17. The van der Waals surface area contributed by atoms with Crippen molar-refractivity contribution in [2.45, 2.75) is 0 Å². The van der Waals surface area contributed by atoms with Gasteiger partial charge in [0.2, 0.25) is 0 Å². The lowest BCUT2D eigenvalue weighted by Crippen LogP contribution is -2.32. The molecular formula is C22H13Cl4N3O4. The van der Waals surface area contributed by atoms with E-state index in [1.54, 1.807) is 24.3 Å². The Morgan fingerprint density at radius 1 is 0.818 bits per heavy atom. The minimum absolute atomic E-state index is 0.151. The van der Waals surface area contributed by atoms with E-state index in [0.717, 1.165) is 0 Å². The van der Waals surface area contributed by atoms with E-state index in [4.69, 9.17) is 51.1 Å². The number of amides is 2. The quantitative estimate of drug-likeness (QED) is 0.149. The van der Waals surface area contributed by atoms with E-state index in [9.17, 15) is 14.4 Å². The molecule has 3 aromatic rings. The molecule has 0 aromatic heterocycles. The topological polar surface area (TPSA) is 96.9 Å². The van der Waals surface area contributed by atoms with Crippen LogP contribution in [0.3, 0.4) is 0 Å². The third kappa shape index (κ3) is 6.94. The molecule has 7 nitrogen and oxygen atoms in total. The molecule has 3 rings (SSSR count). The van der Waals surface area contributed by atoms with Crippen LogP contribution in [0.1, 0.15) is 15.9 Å². The highest BCUT2D eigenvalue weighted by Crippen LogP contribution is 2.25. The number of carbonyl (C=O) groups excluding carboxylic acids is 3. The highest BCUT2D eigenvalue weighted by Gasteiger charge is 2.15. The van der Waals surface area contributed by atoms with Gasteiger partial charge in [0, 0.05) is 10.0 Å². The van der Waals surface area contributed by atoms with Crippen molar-refractivity contribution in [3.8, 4) is 5.75 Å². The first kappa shape index (κ1) is 24.5. The summed E-state index contributed by atoms with van der Waals surface area (Å²) in [6, 6.07) is 15.2. The van der Waals surface area contributed by atoms with Gasteiger partial charge in [-0.1, -0.05) is 58.5 Å². The Morgan fingerprint density at radius 3 is 2.30 bits per heavy atom. The molecule has 0 saturated carbocycles. The van der Waals surface area contributed by atoms with Gasteiger partial charge in [0.25, 0.3) is 0 Å². The van der Waals surface area contributed by atoms with Crippen molar-refractivity contribution in [1.82, 2.24) is 5.43 Å². The lowest BCUT2D eigenvalue weighted by atomic mass is 10.2. The summed E-state index contributed by atoms with van der Waals surface area (Å²) in [6.07, 6.45) is 1.27. The number of ether oxygens (including phenoxy) is 1. The molecule has 0 aliphatic carbocycles. The summed E-state index contributed by atoms with van der Waals surface area (Å²) in [7, 11) is 0. The van der Waals surface area contributed by atoms with E-state index < -0.39 is 17.8 Å². The number of hydrazone groups is 1. The smallest absolute Gasteiger partial charge is 0.345 e. The molecule has 0 bridgehead atoms. The molecule has 0 unspecified atom stereocenters. The zero-order chi connectivity index (χ0) is 24.0. The number of carbonyl (C=O) groups is 3. The van der Waals surface area contributed by atoms with E-state index in [1.807, 2.05) is 0 Å². The largest absolute Gasteiger partial charge is 0.423 e. The fraction of sp³-hybridized carbons (Fsp3) is 0. The van der Waals surface area contributed by atoms with Gasteiger partial charge in [-0.15, -0.1) is 0 Å². The molecule has 0 fully saturated rings. The number of nitrogens with zero attached hydrogens (tertiary/aromatic N) is 1. The van der Waals surface area contributed by atoms with Crippen LogP contribution in [0.15, 0.2) is 65.8 Å². The predicted octanol–water partition coefficient (Wildman–Crippen LogP) is 5.61. The Hall–Kier alpha value is -3.10. The Morgan fingerprint density at radius 2 is 1.55 bits per heavy atom. The monoisotopic (exact) mass is 523 g/mol. The average Bonchev–Trinajstić information content (AvgIpc) is 2.76. The standard InChI is InChI=1S/C22H13Cl4N3O4/c23-13-4-6-16(18(26)9-13)22(32)33-15-3-1-2-12(8-15)11-27-29-21(31)20(30)28-19-10-14(24)5-7-17(19)25/h1-11H,(H,28,30)(H,29,31). The number of anilines is 1. The number of hydrogen-bond donors (Lipinski definition) is 2. The average molecular weight is 525 g/mol. The minimum atomic E-state index is -1.03. The van der Waals surface area contributed by atoms with Crippen molar-refractivity contribution in [3.05, 3.63) is 91.9 Å². The van der Waals surface area contributed by atoms with Gasteiger partial charge in [-0.25, -0.2) is 10.2 Å². The Bertz CT molecular complexity index is 1260. The second-order valence-corrected chi connectivity index (χ2v) is 8.05. The molecule has 0 spiro atoms. The van der Waals surface area contributed by atoms with Crippen LogP contribution in [0.2, 0.25) is 20.1 Å². The van der Waals surface area contributed by atoms with E-state index in [-0.39, 0.29) is 27.0 Å². The lowest BCUT2D eigenvalue weighted by molar-refractivity contribution is -0.136. The number of hydrogen-bond acceptors (Lipinski definition) is 5. The van der Waals surface area contributed by atoms with E-state index >= 15 is 0 Å². The first-order valence-corrected chi connectivity index (χ1v) is 10.6. The van der Waals surface area contributed by atoms with Crippen LogP contribution in [-0.4, -0.2) is 24.0 Å². The lowest BCUT2D eigenvalue weighted by Gasteiger charge is -2.07. The van der Waals surface area contributed by atoms with E-state index in [1.165, 1.54) is 42.6 Å². The third-order valence-corrected chi connectivity index (χ3v) is 5.09. The van der Waals surface area contributed by atoms with Gasteiger partial charge >= 0.3 is 17.8 Å². The van der Waals surface area contributed by atoms with Gasteiger partial charge in [-0.05, 0) is 54.1 Å². The molecule has 0 aliphatic rings. The maximum atomic E-state index is 12.3. The number of halogens is 4. The molecular weight excluding hydrogens is 512 g/mol. The minimum Gasteiger partial charge on any atom is -0.423 e. The second-order valence-electron chi connectivity index (χ2n) is 6.36. The van der Waals surface area contributed by atoms with Crippen LogP contribution in [0.5, 0.6) is 5.75 Å². The van der Waals surface area contributed by atoms with Crippen LogP contribution in [-0.2, 0) is 9.59 Å². The molecule has 0 radical (unpaired) electrons. The Balaban J connectivity index is 1.59. The van der Waals surface area contributed by atoms with Crippen molar-refractivity contribution >= 4 is 76.1 Å². The van der Waals surface area contributed by atoms with Gasteiger partial charge in [0.15, 0.2) is 0 Å². The first-order chi connectivity index (χ1) is 15.7. The van der Waals surface area contributed by atoms with Crippen LogP contribution in [0.4, 0.5) is 5.69 Å². The number of rotatable bonds is 5. The number of esters is 1. The summed E-state index contributed by atoms with van der Waals surface area (Å²) in [5.41, 5.74) is 2.91. The highest BCUT2D eigenvalue weighted by atomic mass is 35.5. The maximum absolute atomic E-state index is 12.3. The zero-order valence-corrected chi connectivity index (χ0v) is 19.5. The van der Waals surface area contributed by atoms with E-state index in [0.29, 0.717) is 15.6 Å². The molecule has 0 heterocycles. The molecule has 33 heavy (non-hydrogen) atoms. The molecule has 0 atom stereocenters. The molecule has 0 aliphatic heterocycles. The second kappa shape index (κ2) is 11.2. The molecule has 11 heteroatoms. The predicted molar refractivity (Wildman–Crippen MR) is 129 cm³/mol. The summed E-state index contributed by atoms with van der Waals surface area (Å²) in [5.74, 6) is -2.47. The first-order valence-electron chi connectivity index (χ1n) is 9.09. The third-order valence-electron chi connectivity index (χ3n) is 3.98. The van der Waals surface area contributed by atoms with Crippen LogP contribution >= 0.6 is 46.4 Å². The summed E-state index contributed by atoms with van der Waals surface area (Å²) in [4.78, 5) is 36.3. The zero-order valence-electron chi connectivity index (χ0n) is 16.4. The van der Waals surface area contributed by atoms with Gasteiger partial charge < -0.3 is 10.1 Å². The normalized spacial score (nSPS) is 10.7. The summed E-state index contributed by atoms with van der Waals surface area (Å²) >= 11 is 23.6. The van der Waals surface area contributed by atoms with Crippen molar-refractivity contribution < 1.29 is 19.1 Å². The SMILES string of the molecule is O=C(NN=Cc1cccc(OC(=O)c2ccc(Cl)cc2Cl)c1)C(=O)Nc1cc(Cl)ccc1Cl. The Labute approximate surface area is 208 Å². The molecule has 0 saturated heterocycles. The molecule has 3 aromatic carbocycles. The van der Waals surface area contributed by atoms with Crippen LogP contribution < -0.4 is 15.5 Å². The molecule has 2 N–H and O–H groups in total. The van der Waals surface area contributed by atoms with E-state index in [2.05, 4.69) is 15.8 Å². The Kier molecular flexibility index (Phi) is 8.30. The van der Waals surface area contributed by atoms with Crippen molar-refractivity contribution in [3.63, 3.8) is 0 Å². The van der Waals surface area contributed by atoms with Crippen LogP contribution in [0.25, 0.3) is 0 Å². The number of nitrogens with one attached hydrogen (secondary N) is 2. The fourth-order valence-corrected chi connectivity index (χ4v) is 3.29. The van der Waals surface area contributed by atoms with Gasteiger partial charge in [-0.2, -0.15) is 5.10 Å². The fourth-order valence-electron chi connectivity index (χ4n) is 2.46. The molecule has 168 valence electrons.